The van der Waals surface area contributed by atoms with Gasteiger partial charge in [0.1, 0.15) is 17.3 Å². The summed E-state index contributed by atoms with van der Waals surface area (Å²) in [5.41, 5.74) is 7.38. The number of phenols is 1. The fourth-order valence-corrected chi connectivity index (χ4v) is 2.54. The third kappa shape index (κ3) is 4.33. The van der Waals surface area contributed by atoms with Crippen LogP contribution in [-0.2, 0) is 4.79 Å². The van der Waals surface area contributed by atoms with Gasteiger partial charge in [-0.3, -0.25) is 10.2 Å². The predicted octanol–water partition coefficient (Wildman–Crippen LogP) is 2.56. The van der Waals surface area contributed by atoms with E-state index < -0.39 is 5.91 Å². The zero-order valence-electron chi connectivity index (χ0n) is 15.0. The van der Waals surface area contributed by atoms with Crippen molar-refractivity contribution in [1.82, 2.24) is 9.97 Å². The number of phenolic OH excluding ortho intramolecular Hbond substituents is 1. The second kappa shape index (κ2) is 8.04. The molecular formula is C19H19N7O2. The van der Waals surface area contributed by atoms with Gasteiger partial charge in [0.05, 0.1) is 0 Å². The highest BCUT2D eigenvalue weighted by molar-refractivity contribution is 6.48. The van der Waals surface area contributed by atoms with Crippen LogP contribution in [0.4, 0.5) is 28.8 Å². The molecule has 1 aromatic heterocycles. The highest BCUT2D eigenvalue weighted by atomic mass is 16.3. The number of carbonyl (C=O) groups is 1. The van der Waals surface area contributed by atoms with E-state index in [4.69, 9.17) is 11.1 Å². The van der Waals surface area contributed by atoms with Crippen LogP contribution in [-0.4, -0.2) is 33.7 Å². The van der Waals surface area contributed by atoms with Gasteiger partial charge in [-0.1, -0.05) is 6.07 Å². The number of nitrogen functional groups attached to an aromatic ring is 1. The summed E-state index contributed by atoms with van der Waals surface area (Å²) in [6.07, 6.45) is 1.53. The summed E-state index contributed by atoms with van der Waals surface area (Å²) in [6, 6.07) is 13.0. The molecule has 0 saturated heterocycles. The lowest BCUT2D eigenvalue weighted by Crippen LogP contribution is -2.23. The van der Waals surface area contributed by atoms with E-state index >= 15 is 0 Å². The van der Waals surface area contributed by atoms with Gasteiger partial charge in [0.2, 0.25) is 5.95 Å². The van der Waals surface area contributed by atoms with Crippen molar-refractivity contribution in [2.24, 2.45) is 0 Å². The summed E-state index contributed by atoms with van der Waals surface area (Å²) in [5.74, 6) is 0.0443. The van der Waals surface area contributed by atoms with Crippen LogP contribution in [0.5, 0.6) is 5.75 Å². The van der Waals surface area contributed by atoms with Crippen molar-refractivity contribution >= 4 is 40.4 Å². The lowest BCUT2D eigenvalue weighted by molar-refractivity contribution is -0.110. The maximum absolute atomic E-state index is 12.5. The molecule has 0 saturated carbocycles. The van der Waals surface area contributed by atoms with Crippen molar-refractivity contribution in [3.63, 3.8) is 0 Å². The van der Waals surface area contributed by atoms with E-state index in [0.29, 0.717) is 28.4 Å². The first-order valence-corrected chi connectivity index (χ1v) is 8.33. The van der Waals surface area contributed by atoms with Gasteiger partial charge >= 0.3 is 0 Å². The molecule has 0 radical (unpaired) electrons. The fraction of sp³-hybridized carbons (Fsp3) is 0.0526. The van der Waals surface area contributed by atoms with Crippen molar-refractivity contribution in [2.75, 3.05) is 28.7 Å². The quantitative estimate of drug-likeness (QED) is 0.361. The number of hydrogen-bond acceptors (Lipinski definition) is 8. The molecule has 7 N–H and O–H groups in total. The molecular weight excluding hydrogens is 358 g/mol. The summed E-state index contributed by atoms with van der Waals surface area (Å²) >= 11 is 0. The largest absolute Gasteiger partial charge is 0.508 e. The van der Waals surface area contributed by atoms with Crippen LogP contribution in [0.2, 0.25) is 0 Å². The van der Waals surface area contributed by atoms with Crippen LogP contribution in [0.25, 0.3) is 0 Å². The Kier molecular flexibility index (Phi) is 5.35. The molecule has 3 aromatic rings. The van der Waals surface area contributed by atoms with Gasteiger partial charge in [-0.25, -0.2) is 4.98 Å². The average molecular weight is 377 g/mol. The third-order valence-electron chi connectivity index (χ3n) is 3.84. The minimum Gasteiger partial charge on any atom is -0.508 e. The number of amides is 1. The number of anilines is 5. The Morgan fingerprint density at radius 1 is 1.14 bits per heavy atom. The highest BCUT2D eigenvalue weighted by Gasteiger charge is 2.17. The molecule has 0 aliphatic heterocycles. The molecule has 9 heteroatoms. The van der Waals surface area contributed by atoms with Crippen molar-refractivity contribution in [3.8, 4) is 5.75 Å². The minimum atomic E-state index is -0.606. The van der Waals surface area contributed by atoms with Gasteiger partial charge in [0.15, 0.2) is 0 Å². The fourth-order valence-electron chi connectivity index (χ4n) is 2.54. The summed E-state index contributed by atoms with van der Waals surface area (Å²) in [7, 11) is 1.71. The summed E-state index contributed by atoms with van der Waals surface area (Å²) in [6.45, 7) is 0. The maximum atomic E-state index is 12.5. The van der Waals surface area contributed by atoms with E-state index in [1.165, 1.54) is 18.3 Å². The van der Waals surface area contributed by atoms with E-state index in [-0.39, 0.29) is 17.4 Å². The standard InChI is InChI=1S/C19H19N7O2/c1-22-15-6-5-12(24-16-7-8-23-19(21)26-16)10-14(15)17(20)18(28)25-11-3-2-4-13(27)9-11/h2-10,20,22,27H,1H3,(H,25,28)(H3,21,23,24,26). The van der Waals surface area contributed by atoms with Gasteiger partial charge in [-0.15, -0.1) is 0 Å². The Bertz CT molecular complexity index is 1040. The smallest absolute Gasteiger partial charge is 0.274 e. The lowest BCUT2D eigenvalue weighted by atomic mass is 10.1. The zero-order valence-corrected chi connectivity index (χ0v) is 15.0. The number of nitrogens with zero attached hydrogens (tertiary/aromatic N) is 2. The molecule has 0 fully saturated rings. The molecule has 0 aliphatic carbocycles. The normalized spacial score (nSPS) is 10.2. The molecule has 28 heavy (non-hydrogen) atoms. The molecule has 0 atom stereocenters. The Morgan fingerprint density at radius 2 is 1.96 bits per heavy atom. The van der Waals surface area contributed by atoms with E-state index in [0.717, 1.165) is 0 Å². The molecule has 142 valence electrons. The SMILES string of the molecule is CNc1ccc(Nc2ccnc(N)n2)cc1C(=N)C(=O)Nc1cccc(O)c1. The molecule has 0 bridgehead atoms. The second-order valence-corrected chi connectivity index (χ2v) is 5.81. The van der Waals surface area contributed by atoms with E-state index in [1.54, 1.807) is 43.4 Å². The van der Waals surface area contributed by atoms with Crippen molar-refractivity contribution < 1.29 is 9.90 Å². The van der Waals surface area contributed by atoms with Gasteiger partial charge in [0, 0.05) is 41.9 Å². The molecule has 9 nitrogen and oxygen atoms in total. The second-order valence-electron chi connectivity index (χ2n) is 5.81. The molecule has 0 unspecified atom stereocenters. The van der Waals surface area contributed by atoms with Gasteiger partial charge in [0.25, 0.3) is 5.91 Å². The van der Waals surface area contributed by atoms with Crippen LogP contribution in [0.1, 0.15) is 5.56 Å². The first-order chi connectivity index (χ1) is 13.5. The zero-order chi connectivity index (χ0) is 20.1. The van der Waals surface area contributed by atoms with E-state index in [9.17, 15) is 9.90 Å². The molecule has 3 rings (SSSR count). The highest BCUT2D eigenvalue weighted by Crippen LogP contribution is 2.24. The van der Waals surface area contributed by atoms with Gasteiger partial charge in [-0.05, 0) is 36.4 Å². The number of aromatic hydroxyl groups is 1. The van der Waals surface area contributed by atoms with Crippen LogP contribution >= 0.6 is 0 Å². The number of aromatic nitrogens is 2. The van der Waals surface area contributed by atoms with Crippen LogP contribution in [0.3, 0.4) is 0 Å². The van der Waals surface area contributed by atoms with E-state index in [1.807, 2.05) is 0 Å². The van der Waals surface area contributed by atoms with Crippen LogP contribution in [0.15, 0.2) is 54.7 Å². The van der Waals surface area contributed by atoms with Crippen molar-refractivity contribution in [1.29, 1.82) is 5.41 Å². The third-order valence-corrected chi connectivity index (χ3v) is 3.84. The number of carbonyl (C=O) groups excluding carboxylic acids is 1. The molecule has 2 aromatic carbocycles. The number of hydrogen-bond donors (Lipinski definition) is 6. The van der Waals surface area contributed by atoms with Gasteiger partial charge in [-0.2, -0.15) is 4.98 Å². The first kappa shape index (κ1) is 18.6. The Labute approximate surface area is 161 Å². The van der Waals surface area contributed by atoms with Crippen LogP contribution in [0, 0.1) is 5.41 Å². The summed E-state index contributed by atoms with van der Waals surface area (Å²) in [4.78, 5) is 20.4. The van der Waals surface area contributed by atoms with Crippen LogP contribution < -0.4 is 21.7 Å². The Hall–Kier alpha value is -4.14. The topological polar surface area (TPSA) is 149 Å². The first-order valence-electron chi connectivity index (χ1n) is 8.33. The Balaban J connectivity index is 1.84. The minimum absolute atomic E-state index is 0.0237. The molecule has 1 amide bonds. The van der Waals surface area contributed by atoms with Crippen molar-refractivity contribution in [2.45, 2.75) is 0 Å². The maximum Gasteiger partial charge on any atom is 0.274 e. The molecule has 0 aliphatic rings. The number of rotatable bonds is 6. The lowest BCUT2D eigenvalue weighted by Gasteiger charge is -2.14. The molecule has 0 spiro atoms. The van der Waals surface area contributed by atoms with Gasteiger partial charge < -0.3 is 26.8 Å². The van der Waals surface area contributed by atoms with E-state index in [2.05, 4.69) is 25.9 Å². The number of nitrogens with one attached hydrogen (secondary N) is 4. The predicted molar refractivity (Wildman–Crippen MR) is 109 cm³/mol. The average Bonchev–Trinajstić information content (AvgIpc) is 2.67. The molecule has 1 heterocycles. The number of benzene rings is 2. The summed E-state index contributed by atoms with van der Waals surface area (Å²) in [5, 5.41) is 26.5. The van der Waals surface area contributed by atoms with Crippen molar-refractivity contribution in [3.05, 3.63) is 60.3 Å². The number of nitrogens with two attached hydrogens (primary N) is 1. The Morgan fingerprint density at radius 3 is 2.68 bits per heavy atom. The monoisotopic (exact) mass is 377 g/mol. The summed E-state index contributed by atoms with van der Waals surface area (Å²) < 4.78 is 0.